The monoisotopic (exact) mass is 325 g/mol. The lowest BCUT2D eigenvalue weighted by Crippen LogP contribution is -2.02. The first kappa shape index (κ1) is 15.8. The van der Waals surface area contributed by atoms with Gasteiger partial charge in [0.05, 0.1) is 11.4 Å². The minimum absolute atomic E-state index is 0.803. The molecule has 0 N–H and O–H groups in total. The van der Waals surface area contributed by atoms with Gasteiger partial charge in [0.1, 0.15) is 0 Å². The zero-order valence-corrected chi connectivity index (χ0v) is 14.7. The number of hydrogen-bond acceptors (Lipinski definition) is 1. The summed E-state index contributed by atoms with van der Waals surface area (Å²) in [7, 11) is 0. The smallest absolute Gasteiger partial charge is 0.0781 e. The molecule has 1 aliphatic rings. The maximum Gasteiger partial charge on any atom is 0.0781 e. The Balaban J connectivity index is 1.76. The van der Waals surface area contributed by atoms with E-state index in [0.29, 0.717) is 0 Å². The van der Waals surface area contributed by atoms with Gasteiger partial charge in [-0.25, -0.2) is 4.99 Å². The van der Waals surface area contributed by atoms with Crippen LogP contribution in [0.5, 0.6) is 0 Å². The van der Waals surface area contributed by atoms with E-state index in [2.05, 4.69) is 73.7 Å². The molecule has 25 heavy (non-hydrogen) atoms. The second kappa shape index (κ2) is 7.06. The van der Waals surface area contributed by atoms with Gasteiger partial charge in [0.15, 0.2) is 0 Å². The van der Waals surface area contributed by atoms with E-state index in [1.165, 1.54) is 30.4 Å². The van der Waals surface area contributed by atoms with Gasteiger partial charge in [-0.05, 0) is 42.0 Å². The first-order valence-electron chi connectivity index (χ1n) is 9.15. The van der Waals surface area contributed by atoms with Crippen LogP contribution in [0.1, 0.15) is 35.6 Å². The molecular weight excluding hydrogens is 302 g/mol. The molecule has 1 atom stereocenters. The Kier molecular flexibility index (Phi) is 4.47. The summed E-state index contributed by atoms with van der Waals surface area (Å²) in [6.07, 6.45) is 3.67. The molecule has 1 aliphatic carbocycles. The van der Waals surface area contributed by atoms with Crippen LogP contribution >= 0.6 is 0 Å². The summed E-state index contributed by atoms with van der Waals surface area (Å²) >= 11 is 0. The van der Waals surface area contributed by atoms with Crippen LogP contribution in [-0.2, 0) is 12.8 Å². The summed E-state index contributed by atoms with van der Waals surface area (Å²) in [5, 5.41) is 0. The quantitative estimate of drug-likeness (QED) is 0.523. The highest BCUT2D eigenvalue weighted by Gasteiger charge is 2.20. The fourth-order valence-electron chi connectivity index (χ4n) is 3.67. The third-order valence-electron chi connectivity index (χ3n) is 5.12. The van der Waals surface area contributed by atoms with Gasteiger partial charge in [-0.3, -0.25) is 0 Å². The molecule has 1 heteroatoms. The number of aliphatic imine (C=N–C) groups is 1. The van der Waals surface area contributed by atoms with Gasteiger partial charge in [0.25, 0.3) is 0 Å². The molecule has 0 amide bonds. The fraction of sp³-hybridized carbons (Fsp3) is 0.208. The summed E-state index contributed by atoms with van der Waals surface area (Å²) in [5.74, 6) is 0.803. The summed E-state index contributed by atoms with van der Waals surface area (Å²) < 4.78 is 0. The third kappa shape index (κ3) is 3.41. The third-order valence-corrected chi connectivity index (χ3v) is 5.12. The van der Waals surface area contributed by atoms with Gasteiger partial charge in [0.2, 0.25) is 0 Å². The Morgan fingerprint density at radius 1 is 0.800 bits per heavy atom. The van der Waals surface area contributed by atoms with E-state index in [4.69, 9.17) is 4.99 Å². The highest BCUT2D eigenvalue weighted by Crippen LogP contribution is 2.32. The lowest BCUT2D eigenvalue weighted by Gasteiger charge is -2.08. The Bertz CT molecular complexity index is 837. The topological polar surface area (TPSA) is 12.4 Å². The Morgan fingerprint density at radius 2 is 1.40 bits per heavy atom. The average molecular weight is 325 g/mol. The van der Waals surface area contributed by atoms with Crippen molar-refractivity contribution in [3.05, 3.63) is 101 Å². The van der Waals surface area contributed by atoms with E-state index >= 15 is 0 Å². The molecule has 124 valence electrons. The van der Waals surface area contributed by atoms with Gasteiger partial charge in [-0.15, -0.1) is 0 Å². The number of fused-ring (bicyclic) bond motifs is 1. The maximum absolute atomic E-state index is 5.04. The van der Waals surface area contributed by atoms with Crippen LogP contribution in [0.3, 0.4) is 0 Å². The molecule has 0 heterocycles. The first-order valence-corrected chi connectivity index (χ1v) is 9.15. The largest absolute Gasteiger partial charge is 0.248 e. The van der Waals surface area contributed by atoms with Crippen LogP contribution in [0, 0.1) is 5.92 Å². The van der Waals surface area contributed by atoms with Crippen LogP contribution in [-0.4, -0.2) is 5.71 Å². The number of benzene rings is 3. The van der Waals surface area contributed by atoms with Crippen molar-refractivity contribution in [3.63, 3.8) is 0 Å². The molecule has 4 rings (SSSR count). The number of hydrogen-bond donors (Lipinski definition) is 0. The van der Waals surface area contributed by atoms with Crippen LogP contribution in [0.15, 0.2) is 83.9 Å². The highest BCUT2D eigenvalue weighted by molar-refractivity contribution is 6.13. The first-order chi connectivity index (χ1) is 12.3. The van der Waals surface area contributed by atoms with Crippen LogP contribution in [0.25, 0.3) is 0 Å². The van der Waals surface area contributed by atoms with E-state index in [0.717, 1.165) is 28.4 Å². The molecule has 0 saturated carbocycles. The van der Waals surface area contributed by atoms with Crippen LogP contribution in [0.2, 0.25) is 0 Å². The molecule has 1 nitrogen and oxygen atoms in total. The fourth-order valence-corrected chi connectivity index (χ4v) is 3.67. The van der Waals surface area contributed by atoms with Gasteiger partial charge in [-0.1, -0.05) is 80.1 Å². The second-order valence-corrected chi connectivity index (χ2v) is 6.83. The van der Waals surface area contributed by atoms with Crippen molar-refractivity contribution in [2.45, 2.75) is 26.2 Å². The highest BCUT2D eigenvalue weighted by atomic mass is 14.7. The lowest BCUT2D eigenvalue weighted by molar-refractivity contribution is 0.543. The Labute approximate surface area is 150 Å². The zero-order valence-electron chi connectivity index (χ0n) is 14.7. The van der Waals surface area contributed by atoms with Crippen LogP contribution < -0.4 is 0 Å². The minimum atomic E-state index is 0.803. The molecule has 0 spiro atoms. The summed E-state index contributed by atoms with van der Waals surface area (Å²) in [5.41, 5.74) is 7.38. The molecule has 0 radical (unpaired) electrons. The van der Waals surface area contributed by atoms with Crippen LogP contribution in [0.4, 0.5) is 5.69 Å². The summed E-state index contributed by atoms with van der Waals surface area (Å²) in [6, 6.07) is 27.6. The van der Waals surface area contributed by atoms with E-state index in [9.17, 15) is 0 Å². The van der Waals surface area contributed by atoms with Gasteiger partial charge in [0, 0.05) is 11.1 Å². The predicted octanol–water partition coefficient (Wildman–Crippen LogP) is 5.98. The molecule has 0 aliphatic heterocycles. The minimum Gasteiger partial charge on any atom is -0.248 e. The van der Waals surface area contributed by atoms with Crippen molar-refractivity contribution in [3.8, 4) is 0 Å². The molecule has 0 unspecified atom stereocenters. The average Bonchev–Trinajstić information content (AvgIpc) is 3.10. The van der Waals surface area contributed by atoms with Crippen molar-refractivity contribution >= 4 is 11.4 Å². The standard InChI is InChI=1S/C24H23N/c1-2-18-15-21-13-14-23(17-22(21)16-18)25-24(19-9-5-3-6-10-19)20-11-7-4-8-12-20/h3-14,17-18H,2,15-16H2,1H3/t18-/m0/s1. The van der Waals surface area contributed by atoms with Crippen molar-refractivity contribution in [2.75, 3.05) is 0 Å². The molecule has 0 bridgehead atoms. The molecule has 3 aromatic carbocycles. The summed E-state index contributed by atoms with van der Waals surface area (Å²) in [6.45, 7) is 2.29. The van der Waals surface area contributed by atoms with E-state index in [1.54, 1.807) is 0 Å². The van der Waals surface area contributed by atoms with Gasteiger partial charge < -0.3 is 0 Å². The Hall–Kier alpha value is -2.67. The molecule has 0 aromatic heterocycles. The lowest BCUT2D eigenvalue weighted by atomic mass is 10.0. The number of nitrogens with zero attached hydrogens (tertiary/aromatic N) is 1. The van der Waals surface area contributed by atoms with Crippen molar-refractivity contribution in [1.82, 2.24) is 0 Å². The van der Waals surface area contributed by atoms with E-state index < -0.39 is 0 Å². The normalized spacial score (nSPS) is 15.6. The molecule has 0 saturated heterocycles. The molecule has 0 fully saturated rings. The van der Waals surface area contributed by atoms with Gasteiger partial charge >= 0.3 is 0 Å². The van der Waals surface area contributed by atoms with Crippen molar-refractivity contribution in [1.29, 1.82) is 0 Å². The SMILES string of the molecule is CC[C@H]1Cc2ccc(N=C(c3ccccc3)c3ccccc3)cc2C1. The summed E-state index contributed by atoms with van der Waals surface area (Å²) in [4.78, 5) is 5.04. The van der Waals surface area contributed by atoms with Gasteiger partial charge in [-0.2, -0.15) is 0 Å². The second-order valence-electron chi connectivity index (χ2n) is 6.83. The molecular formula is C24H23N. The van der Waals surface area contributed by atoms with E-state index in [1.807, 2.05) is 12.1 Å². The maximum atomic E-state index is 5.04. The van der Waals surface area contributed by atoms with Crippen molar-refractivity contribution < 1.29 is 0 Å². The molecule has 3 aromatic rings. The van der Waals surface area contributed by atoms with E-state index in [-0.39, 0.29) is 0 Å². The number of rotatable bonds is 4. The van der Waals surface area contributed by atoms with Crippen molar-refractivity contribution in [2.24, 2.45) is 10.9 Å². The Morgan fingerprint density at radius 3 is 2.00 bits per heavy atom. The predicted molar refractivity (Wildman–Crippen MR) is 106 cm³/mol. The zero-order chi connectivity index (χ0) is 17.1.